The van der Waals surface area contributed by atoms with Gasteiger partial charge in [0.05, 0.1) is 11.2 Å². The van der Waals surface area contributed by atoms with Gasteiger partial charge in [-0.05, 0) is 87.2 Å². The fraction of sp³-hybridized carbons (Fsp3) is 0.812. The van der Waals surface area contributed by atoms with Gasteiger partial charge in [-0.3, -0.25) is 0 Å². The van der Waals surface area contributed by atoms with Gasteiger partial charge in [-0.25, -0.2) is 9.59 Å². The highest BCUT2D eigenvalue weighted by atomic mass is 16.6. The molecule has 0 aromatic carbocycles. The van der Waals surface area contributed by atoms with E-state index in [1.54, 1.807) is 0 Å². The molecule has 6 heteroatoms. The molecule has 0 saturated heterocycles. The molecule has 5 rings (SSSR count). The van der Waals surface area contributed by atoms with E-state index in [1.807, 2.05) is 27.7 Å². The predicted molar refractivity (Wildman–Crippen MR) is 145 cm³/mol. The molecule has 1 heterocycles. The number of fused-ring (bicyclic) bond motifs is 6. The summed E-state index contributed by atoms with van der Waals surface area (Å²) in [6, 6.07) is 0. The lowest BCUT2D eigenvalue weighted by molar-refractivity contribution is -0.216. The second-order valence-corrected chi connectivity index (χ2v) is 15.3. The van der Waals surface area contributed by atoms with Gasteiger partial charge in [0.2, 0.25) is 0 Å². The van der Waals surface area contributed by atoms with Crippen LogP contribution in [-0.2, 0) is 19.1 Å². The van der Waals surface area contributed by atoms with E-state index in [0.717, 1.165) is 25.7 Å². The fourth-order valence-corrected chi connectivity index (χ4v) is 9.88. The number of rotatable bonds is 0. The van der Waals surface area contributed by atoms with Crippen molar-refractivity contribution in [3.8, 4) is 0 Å². The van der Waals surface area contributed by atoms with Gasteiger partial charge in [-0.15, -0.1) is 0 Å². The highest BCUT2D eigenvalue weighted by Gasteiger charge is 2.68. The summed E-state index contributed by atoms with van der Waals surface area (Å²) in [5.74, 6) is -0.953. The van der Waals surface area contributed by atoms with Crippen LogP contribution in [0.2, 0.25) is 0 Å². The summed E-state index contributed by atoms with van der Waals surface area (Å²) in [5.41, 5.74) is -5.02. The molecule has 0 spiro atoms. The minimum absolute atomic E-state index is 0.347. The minimum atomic E-state index is -1.05. The van der Waals surface area contributed by atoms with Crippen molar-refractivity contribution in [1.29, 1.82) is 0 Å². The normalized spacial score (nSPS) is 49.4. The molecule has 4 saturated carbocycles. The van der Waals surface area contributed by atoms with Gasteiger partial charge >= 0.3 is 11.9 Å². The summed E-state index contributed by atoms with van der Waals surface area (Å²) in [6.07, 6.45) is 9.89. The predicted octanol–water partition coefficient (Wildman–Crippen LogP) is 5.94. The van der Waals surface area contributed by atoms with E-state index in [2.05, 4.69) is 27.7 Å². The zero-order chi connectivity index (χ0) is 28.2. The fourth-order valence-electron chi connectivity index (χ4n) is 9.88. The van der Waals surface area contributed by atoms with Gasteiger partial charge in [0.25, 0.3) is 0 Å². The molecule has 0 amide bonds. The Morgan fingerprint density at radius 2 is 0.895 bits per heavy atom. The zero-order valence-corrected chi connectivity index (χ0v) is 24.8. The topological polar surface area (TPSA) is 93.1 Å². The van der Waals surface area contributed by atoms with Crippen molar-refractivity contribution in [2.75, 3.05) is 0 Å². The average Bonchev–Trinajstić information content (AvgIpc) is 2.78. The molecule has 6 atom stereocenters. The highest BCUT2D eigenvalue weighted by Crippen LogP contribution is 2.67. The van der Waals surface area contributed by atoms with Gasteiger partial charge in [0, 0.05) is 23.0 Å². The van der Waals surface area contributed by atoms with E-state index >= 15 is 0 Å². The number of ether oxygens (including phenoxy) is 2. The van der Waals surface area contributed by atoms with E-state index in [0.29, 0.717) is 49.7 Å². The van der Waals surface area contributed by atoms with Gasteiger partial charge in [-0.2, -0.15) is 0 Å². The molecule has 4 aliphatic carbocycles. The third-order valence-corrected chi connectivity index (χ3v) is 12.5. The van der Waals surface area contributed by atoms with E-state index in [-0.39, 0.29) is 10.8 Å². The Bertz CT molecular complexity index is 1040. The maximum absolute atomic E-state index is 13.8. The van der Waals surface area contributed by atoms with E-state index in [9.17, 15) is 19.8 Å². The third kappa shape index (κ3) is 3.38. The Balaban J connectivity index is 1.64. The number of carbonyl (C=O) groups excluding carboxylic acids is 2. The molecule has 6 nitrogen and oxygen atoms in total. The SMILES string of the molecule is CC1(C)CCC[C@]2(C)C3=CC(=O)O[C@]4(C)CC[C@@]5(O)C(C)(C)CCC[C@]5(C)/C4=C/C(=O)O[C@]3(C)CC[C@@]12O. The smallest absolute Gasteiger partial charge is 0.331 e. The molecule has 212 valence electrons. The molecule has 4 fully saturated rings. The Morgan fingerprint density at radius 3 is 1.24 bits per heavy atom. The second-order valence-electron chi connectivity index (χ2n) is 15.3. The first-order valence-corrected chi connectivity index (χ1v) is 14.7. The lowest BCUT2D eigenvalue weighted by Crippen LogP contribution is -2.67. The zero-order valence-electron chi connectivity index (χ0n) is 24.8. The van der Waals surface area contributed by atoms with Crippen LogP contribution >= 0.6 is 0 Å². The number of aliphatic hydroxyl groups is 2. The molecule has 0 aromatic rings. The van der Waals surface area contributed by atoms with Crippen LogP contribution in [0.15, 0.2) is 23.3 Å². The quantitative estimate of drug-likeness (QED) is 0.378. The molecular formula is C32H48O6. The minimum Gasteiger partial charge on any atom is -0.452 e. The van der Waals surface area contributed by atoms with Crippen LogP contribution in [0.5, 0.6) is 0 Å². The van der Waals surface area contributed by atoms with Crippen molar-refractivity contribution in [2.45, 2.75) is 142 Å². The van der Waals surface area contributed by atoms with E-state index in [4.69, 9.17) is 9.47 Å². The van der Waals surface area contributed by atoms with Crippen molar-refractivity contribution in [3.63, 3.8) is 0 Å². The average molecular weight is 529 g/mol. The van der Waals surface area contributed by atoms with Crippen LogP contribution in [0, 0.1) is 21.7 Å². The first-order chi connectivity index (χ1) is 17.3. The maximum Gasteiger partial charge on any atom is 0.331 e. The summed E-state index contributed by atoms with van der Waals surface area (Å²) in [5, 5.41) is 24.4. The van der Waals surface area contributed by atoms with E-state index < -0.39 is 45.2 Å². The largest absolute Gasteiger partial charge is 0.452 e. The first kappa shape index (κ1) is 27.9. The van der Waals surface area contributed by atoms with Crippen LogP contribution in [0.4, 0.5) is 0 Å². The maximum atomic E-state index is 13.8. The molecule has 5 aliphatic rings. The Kier molecular flexibility index (Phi) is 5.84. The van der Waals surface area contributed by atoms with Crippen molar-refractivity contribution in [1.82, 2.24) is 0 Å². The van der Waals surface area contributed by atoms with Crippen molar-refractivity contribution >= 4 is 11.9 Å². The second kappa shape index (κ2) is 7.96. The summed E-state index contributed by atoms with van der Waals surface area (Å²) < 4.78 is 12.6. The molecule has 38 heavy (non-hydrogen) atoms. The van der Waals surface area contributed by atoms with Crippen LogP contribution in [0.3, 0.4) is 0 Å². The number of carbonyl (C=O) groups is 2. The standard InChI is InChI=1S/C32H48O6/c1-25(2)11-9-13-27(5)21-19-23(33)38-30(8)16-18-32(36)26(3,4)12-10-14-28(32,6)22(30)20-24(34)37-29(21,7)15-17-31(25,27)35/h19-20,35-36H,9-18H2,1-8H3/b21-19-,22-20?/t27-,28-,29-,30-,31-,32-/m1/s1. The van der Waals surface area contributed by atoms with Crippen LogP contribution in [0.25, 0.3) is 0 Å². The molecule has 0 aromatic heterocycles. The van der Waals surface area contributed by atoms with Crippen molar-refractivity contribution in [2.24, 2.45) is 21.7 Å². The van der Waals surface area contributed by atoms with E-state index in [1.165, 1.54) is 12.2 Å². The van der Waals surface area contributed by atoms with Crippen LogP contribution < -0.4 is 0 Å². The van der Waals surface area contributed by atoms with Crippen molar-refractivity contribution < 1.29 is 29.3 Å². The third-order valence-electron chi connectivity index (χ3n) is 12.5. The molecule has 2 N–H and O–H groups in total. The summed E-state index contributed by atoms with van der Waals surface area (Å²) >= 11 is 0. The lowest BCUT2D eigenvalue weighted by atomic mass is 9.44. The van der Waals surface area contributed by atoms with Crippen LogP contribution in [0.1, 0.15) is 120 Å². The molecule has 1 aliphatic heterocycles. The number of hydrogen-bond donors (Lipinski definition) is 2. The summed E-state index contributed by atoms with van der Waals surface area (Å²) in [4.78, 5) is 27.6. The van der Waals surface area contributed by atoms with Gasteiger partial charge in [0.15, 0.2) is 0 Å². The highest BCUT2D eigenvalue weighted by molar-refractivity contribution is 5.88. The first-order valence-electron chi connectivity index (χ1n) is 14.7. The molecular weight excluding hydrogens is 480 g/mol. The Labute approximate surface area is 228 Å². The lowest BCUT2D eigenvalue weighted by Gasteiger charge is -2.64. The summed E-state index contributed by atoms with van der Waals surface area (Å²) in [6.45, 7) is 16.2. The van der Waals surface area contributed by atoms with Gasteiger partial charge in [-0.1, -0.05) is 54.4 Å². The van der Waals surface area contributed by atoms with Gasteiger partial charge < -0.3 is 19.7 Å². The molecule has 0 bridgehead atoms. The Morgan fingerprint density at radius 1 is 0.553 bits per heavy atom. The van der Waals surface area contributed by atoms with Crippen LogP contribution in [-0.4, -0.2) is 44.6 Å². The van der Waals surface area contributed by atoms with Crippen molar-refractivity contribution in [3.05, 3.63) is 23.3 Å². The van der Waals surface area contributed by atoms with Gasteiger partial charge in [0.1, 0.15) is 11.2 Å². The molecule has 0 radical (unpaired) electrons. The number of esters is 2. The summed E-state index contributed by atoms with van der Waals surface area (Å²) in [7, 11) is 0. The number of hydrogen-bond acceptors (Lipinski definition) is 6. The monoisotopic (exact) mass is 528 g/mol. The molecule has 0 unspecified atom stereocenters. The Hall–Kier alpha value is -1.66.